The molecular formula is C13H12F2N2S. The van der Waals surface area contributed by atoms with E-state index in [0.29, 0.717) is 0 Å². The van der Waals surface area contributed by atoms with E-state index >= 15 is 0 Å². The van der Waals surface area contributed by atoms with Crippen molar-refractivity contribution in [3.63, 3.8) is 0 Å². The van der Waals surface area contributed by atoms with Crippen LogP contribution in [-0.2, 0) is 0 Å². The Morgan fingerprint density at radius 2 is 1.83 bits per heavy atom. The zero-order valence-corrected chi connectivity index (χ0v) is 10.8. The first-order valence-corrected chi connectivity index (χ1v) is 6.15. The lowest BCUT2D eigenvalue weighted by Crippen LogP contribution is -1.99. The summed E-state index contributed by atoms with van der Waals surface area (Å²) in [5.41, 5.74) is 7.49. The number of pyridine rings is 1. The highest BCUT2D eigenvalue weighted by Gasteiger charge is 2.12. The number of nitrogens with zero attached hydrogens (tertiary/aromatic N) is 1. The van der Waals surface area contributed by atoms with Gasteiger partial charge in [0.25, 0.3) is 0 Å². The van der Waals surface area contributed by atoms with Crippen molar-refractivity contribution in [3.8, 4) is 0 Å². The molecule has 0 spiro atoms. The largest absolute Gasteiger partial charge is 0.381 e. The van der Waals surface area contributed by atoms with Crippen LogP contribution < -0.4 is 5.73 Å². The second-order valence-electron chi connectivity index (χ2n) is 4.01. The number of hydrogen-bond donors (Lipinski definition) is 1. The molecule has 0 aliphatic rings. The average Bonchev–Trinajstić information content (AvgIpc) is 2.29. The Kier molecular flexibility index (Phi) is 3.52. The summed E-state index contributed by atoms with van der Waals surface area (Å²) in [5.74, 6) is -1.83. The number of halogens is 2. The molecule has 2 N–H and O–H groups in total. The molecule has 2 rings (SSSR count). The fraction of sp³-hybridized carbons (Fsp3) is 0.154. The number of benzene rings is 1. The van der Waals surface area contributed by atoms with E-state index in [0.717, 1.165) is 33.9 Å². The summed E-state index contributed by atoms with van der Waals surface area (Å²) in [6.45, 7) is 3.91. The highest BCUT2D eigenvalue weighted by atomic mass is 32.2. The predicted octanol–water partition coefficient (Wildman–Crippen LogP) is 3.71. The Morgan fingerprint density at radius 1 is 1.11 bits per heavy atom. The van der Waals surface area contributed by atoms with Crippen molar-refractivity contribution in [2.75, 3.05) is 5.73 Å². The maximum absolute atomic E-state index is 13.5. The standard InChI is InChI=1S/C13H12F2N2S/c1-7-3-4-11(8(2)5-7)18-13-10(15)6-9(14)12(16)17-13/h3-6H,1-2H3,(H2,16,17). The van der Waals surface area contributed by atoms with Gasteiger partial charge < -0.3 is 5.73 Å². The lowest BCUT2D eigenvalue weighted by molar-refractivity contribution is 0.552. The first-order valence-electron chi connectivity index (χ1n) is 5.34. The van der Waals surface area contributed by atoms with Crippen molar-refractivity contribution in [1.82, 2.24) is 4.98 Å². The molecule has 2 nitrogen and oxygen atoms in total. The molecule has 18 heavy (non-hydrogen) atoms. The molecule has 0 fully saturated rings. The van der Waals surface area contributed by atoms with E-state index in [2.05, 4.69) is 4.98 Å². The number of aryl methyl sites for hydroxylation is 2. The van der Waals surface area contributed by atoms with Gasteiger partial charge in [0.05, 0.1) is 0 Å². The number of anilines is 1. The molecule has 0 saturated carbocycles. The molecule has 0 radical (unpaired) electrons. The molecule has 0 saturated heterocycles. The van der Waals surface area contributed by atoms with Crippen LogP contribution >= 0.6 is 11.8 Å². The van der Waals surface area contributed by atoms with Gasteiger partial charge in [-0.1, -0.05) is 29.5 Å². The molecule has 0 amide bonds. The fourth-order valence-electron chi connectivity index (χ4n) is 1.55. The summed E-state index contributed by atoms with van der Waals surface area (Å²) >= 11 is 1.14. The Labute approximate surface area is 108 Å². The van der Waals surface area contributed by atoms with E-state index < -0.39 is 11.6 Å². The number of nitrogen functional groups attached to an aromatic ring is 1. The second kappa shape index (κ2) is 4.94. The lowest BCUT2D eigenvalue weighted by atomic mass is 10.2. The Hall–Kier alpha value is -1.62. The summed E-state index contributed by atoms with van der Waals surface area (Å²) in [4.78, 5) is 4.59. The minimum atomic E-state index is -0.836. The molecule has 0 aliphatic carbocycles. The van der Waals surface area contributed by atoms with Gasteiger partial charge in [0, 0.05) is 11.0 Å². The van der Waals surface area contributed by atoms with Crippen LogP contribution in [0.25, 0.3) is 0 Å². The molecule has 1 heterocycles. The van der Waals surface area contributed by atoms with Crippen LogP contribution in [0.4, 0.5) is 14.6 Å². The molecule has 1 aromatic carbocycles. The Bertz CT molecular complexity index is 600. The van der Waals surface area contributed by atoms with E-state index in [-0.39, 0.29) is 10.8 Å². The maximum Gasteiger partial charge on any atom is 0.168 e. The zero-order chi connectivity index (χ0) is 13.3. The van der Waals surface area contributed by atoms with Crippen LogP contribution in [0.3, 0.4) is 0 Å². The van der Waals surface area contributed by atoms with Gasteiger partial charge in [0.1, 0.15) is 5.03 Å². The van der Waals surface area contributed by atoms with Crippen molar-refractivity contribution in [2.45, 2.75) is 23.8 Å². The van der Waals surface area contributed by atoms with E-state index in [1.54, 1.807) is 0 Å². The van der Waals surface area contributed by atoms with Crippen molar-refractivity contribution >= 4 is 17.6 Å². The SMILES string of the molecule is Cc1ccc(Sc2nc(N)c(F)cc2F)c(C)c1. The minimum absolute atomic E-state index is 0.0841. The van der Waals surface area contributed by atoms with Crippen LogP contribution in [0.15, 0.2) is 34.2 Å². The van der Waals surface area contributed by atoms with Crippen molar-refractivity contribution in [1.29, 1.82) is 0 Å². The van der Waals surface area contributed by atoms with Gasteiger partial charge in [-0.2, -0.15) is 0 Å². The third-order valence-electron chi connectivity index (χ3n) is 2.46. The van der Waals surface area contributed by atoms with Gasteiger partial charge in [0.15, 0.2) is 17.5 Å². The van der Waals surface area contributed by atoms with Crippen LogP contribution in [0.5, 0.6) is 0 Å². The zero-order valence-electron chi connectivity index (χ0n) is 10.00. The normalized spacial score (nSPS) is 10.7. The van der Waals surface area contributed by atoms with Crippen LogP contribution in [0.1, 0.15) is 11.1 Å². The highest BCUT2D eigenvalue weighted by Crippen LogP contribution is 2.32. The monoisotopic (exact) mass is 266 g/mol. The summed E-state index contributed by atoms with van der Waals surface area (Å²) in [5, 5.41) is 0.0841. The van der Waals surface area contributed by atoms with Gasteiger partial charge >= 0.3 is 0 Å². The smallest absolute Gasteiger partial charge is 0.168 e. The van der Waals surface area contributed by atoms with Crippen LogP contribution in [0.2, 0.25) is 0 Å². The predicted molar refractivity (Wildman–Crippen MR) is 68.6 cm³/mol. The van der Waals surface area contributed by atoms with E-state index in [4.69, 9.17) is 5.73 Å². The Balaban J connectivity index is 2.37. The van der Waals surface area contributed by atoms with Gasteiger partial charge in [-0.05, 0) is 25.5 Å². The topological polar surface area (TPSA) is 38.9 Å². The third kappa shape index (κ3) is 2.61. The Morgan fingerprint density at radius 3 is 2.50 bits per heavy atom. The van der Waals surface area contributed by atoms with Crippen LogP contribution in [-0.4, -0.2) is 4.98 Å². The van der Waals surface area contributed by atoms with Crippen molar-refractivity contribution < 1.29 is 8.78 Å². The summed E-state index contributed by atoms with van der Waals surface area (Å²) < 4.78 is 26.5. The molecule has 5 heteroatoms. The fourth-order valence-corrected chi connectivity index (χ4v) is 2.42. The molecular weight excluding hydrogens is 254 g/mol. The van der Waals surface area contributed by atoms with Crippen LogP contribution in [0, 0.1) is 25.5 Å². The van der Waals surface area contributed by atoms with Gasteiger partial charge in [-0.15, -0.1) is 0 Å². The molecule has 2 aromatic rings. The lowest BCUT2D eigenvalue weighted by Gasteiger charge is -2.07. The number of hydrogen-bond acceptors (Lipinski definition) is 3. The summed E-state index contributed by atoms with van der Waals surface area (Å²) in [7, 11) is 0. The minimum Gasteiger partial charge on any atom is -0.381 e. The van der Waals surface area contributed by atoms with Gasteiger partial charge in [-0.25, -0.2) is 13.8 Å². The van der Waals surface area contributed by atoms with Gasteiger partial charge in [0.2, 0.25) is 0 Å². The summed E-state index contributed by atoms with van der Waals surface area (Å²) in [6, 6.07) is 6.57. The molecule has 0 unspecified atom stereocenters. The number of rotatable bonds is 2. The molecule has 94 valence electrons. The first kappa shape index (κ1) is 12.8. The molecule has 0 bridgehead atoms. The molecule has 0 atom stereocenters. The maximum atomic E-state index is 13.5. The second-order valence-corrected chi connectivity index (χ2v) is 5.04. The van der Waals surface area contributed by atoms with Gasteiger partial charge in [-0.3, -0.25) is 0 Å². The van der Waals surface area contributed by atoms with E-state index in [1.807, 2.05) is 32.0 Å². The number of nitrogens with two attached hydrogens (primary N) is 1. The molecule has 1 aromatic heterocycles. The average molecular weight is 266 g/mol. The molecule has 0 aliphatic heterocycles. The van der Waals surface area contributed by atoms with Crippen molar-refractivity contribution in [2.24, 2.45) is 0 Å². The third-order valence-corrected chi connectivity index (χ3v) is 3.62. The number of aromatic nitrogens is 1. The van der Waals surface area contributed by atoms with Crippen molar-refractivity contribution in [3.05, 3.63) is 47.0 Å². The van der Waals surface area contributed by atoms with E-state index in [9.17, 15) is 8.78 Å². The highest BCUT2D eigenvalue weighted by molar-refractivity contribution is 7.99. The van der Waals surface area contributed by atoms with E-state index in [1.165, 1.54) is 0 Å². The summed E-state index contributed by atoms with van der Waals surface area (Å²) in [6.07, 6.45) is 0. The quantitative estimate of drug-likeness (QED) is 0.900. The first-order chi connectivity index (χ1) is 8.47.